The van der Waals surface area contributed by atoms with E-state index in [-0.39, 0.29) is 0 Å². The third kappa shape index (κ3) is 13.3. The van der Waals surface area contributed by atoms with E-state index in [9.17, 15) is 0 Å². The van der Waals surface area contributed by atoms with Gasteiger partial charge < -0.3 is 18.9 Å². The summed E-state index contributed by atoms with van der Waals surface area (Å²) in [5, 5.41) is 0. The molecule has 8 heteroatoms. The van der Waals surface area contributed by atoms with Crippen LogP contribution in [0.3, 0.4) is 0 Å². The Bertz CT molecular complexity index is 707. The summed E-state index contributed by atoms with van der Waals surface area (Å²) in [6.07, 6.45) is 0. The van der Waals surface area contributed by atoms with E-state index >= 15 is 0 Å². The van der Waals surface area contributed by atoms with Gasteiger partial charge in [0.1, 0.15) is 26.4 Å². The first-order valence-corrected chi connectivity index (χ1v) is 12.9. The zero-order valence-corrected chi connectivity index (χ0v) is 21.6. The van der Waals surface area contributed by atoms with Crippen molar-refractivity contribution in [2.45, 2.75) is 0 Å². The fourth-order valence-corrected chi connectivity index (χ4v) is 3.81. The molecule has 0 aromatic heterocycles. The molecule has 0 aromatic rings. The second-order valence-electron chi connectivity index (χ2n) is 8.73. The fraction of sp³-hybridized carbons (Fsp3) is 0.714. The Kier molecular flexibility index (Phi) is 15.1. The van der Waals surface area contributed by atoms with Crippen molar-refractivity contribution in [3.63, 3.8) is 0 Å². The second kappa shape index (κ2) is 19.1. The van der Waals surface area contributed by atoms with Gasteiger partial charge in [-0.25, -0.2) is 0 Å². The van der Waals surface area contributed by atoms with E-state index in [1.807, 2.05) is 0 Å². The zero-order chi connectivity index (χ0) is 24.9. The monoisotopic (exact) mass is 496 g/mol. The molecule has 6 aliphatic rings. The summed E-state index contributed by atoms with van der Waals surface area (Å²) in [5.74, 6) is 25.2. The summed E-state index contributed by atoms with van der Waals surface area (Å²) in [6.45, 7) is 15.2. The summed E-state index contributed by atoms with van der Waals surface area (Å²) in [7, 11) is 0. The van der Waals surface area contributed by atoms with Gasteiger partial charge in [0.2, 0.25) is 0 Å². The molecule has 0 unspecified atom stereocenters. The summed E-state index contributed by atoms with van der Waals surface area (Å²) in [6, 6.07) is 0. The molecule has 6 rings (SSSR count). The predicted molar refractivity (Wildman–Crippen MR) is 140 cm³/mol. The highest BCUT2D eigenvalue weighted by Gasteiger charge is 2.15. The van der Waals surface area contributed by atoms with Crippen LogP contribution in [0.25, 0.3) is 0 Å². The number of nitrogens with zero attached hydrogens (tertiary/aromatic N) is 4. The van der Waals surface area contributed by atoms with Gasteiger partial charge in [-0.2, -0.15) is 0 Å². The quantitative estimate of drug-likeness (QED) is 0.409. The second-order valence-corrected chi connectivity index (χ2v) is 8.73. The maximum Gasteiger partial charge on any atom is 0.107 e. The van der Waals surface area contributed by atoms with E-state index in [0.717, 1.165) is 78.5 Å². The van der Waals surface area contributed by atoms with Crippen molar-refractivity contribution in [2.75, 3.05) is 131 Å². The molecule has 4 bridgehead atoms. The predicted octanol–water partition coefficient (Wildman–Crippen LogP) is -0.685. The van der Waals surface area contributed by atoms with Gasteiger partial charge in [0, 0.05) is 52.4 Å². The Morgan fingerprint density at radius 3 is 0.750 bits per heavy atom. The van der Waals surface area contributed by atoms with E-state index < -0.39 is 0 Å². The van der Waals surface area contributed by atoms with E-state index in [0.29, 0.717) is 52.9 Å². The summed E-state index contributed by atoms with van der Waals surface area (Å²) in [5.41, 5.74) is 0. The summed E-state index contributed by atoms with van der Waals surface area (Å²) >= 11 is 0. The van der Waals surface area contributed by atoms with Crippen molar-refractivity contribution in [1.82, 2.24) is 19.6 Å². The minimum absolute atomic E-state index is 0.441. The van der Waals surface area contributed by atoms with Crippen LogP contribution in [-0.4, -0.2) is 151 Å². The molecule has 8 nitrogen and oxygen atoms in total. The van der Waals surface area contributed by atoms with Crippen LogP contribution in [0.5, 0.6) is 0 Å². The molecule has 2 fully saturated rings. The van der Waals surface area contributed by atoms with Crippen LogP contribution in [0.2, 0.25) is 0 Å². The lowest BCUT2D eigenvalue weighted by Gasteiger charge is -2.32. The first-order valence-electron chi connectivity index (χ1n) is 12.9. The standard InChI is InChI=1S/C28H40N4O4/c1-5-21-33-25-26-34-22-7-3-11-31-17-19-32(20-18-31)12-4-8-24-36-28-27-35-23-6-2-10-30-15-13-29(9-1)14-16-30/h9-28H2. The highest BCUT2D eigenvalue weighted by atomic mass is 16.5. The Hall–Kier alpha value is -2.08. The largest absolute Gasteiger partial charge is 0.366 e. The number of hydrogen-bond donors (Lipinski definition) is 0. The Morgan fingerprint density at radius 2 is 0.528 bits per heavy atom. The maximum absolute atomic E-state index is 5.53. The van der Waals surface area contributed by atoms with Gasteiger partial charge in [0.25, 0.3) is 0 Å². The third-order valence-corrected chi connectivity index (χ3v) is 6.08. The normalized spacial score (nSPS) is 29.8. The van der Waals surface area contributed by atoms with Crippen LogP contribution in [-0.2, 0) is 18.9 Å². The molecule has 196 valence electrons. The Morgan fingerprint density at radius 1 is 0.306 bits per heavy atom. The molecule has 36 heavy (non-hydrogen) atoms. The first kappa shape index (κ1) is 28.5. The van der Waals surface area contributed by atoms with Gasteiger partial charge >= 0.3 is 0 Å². The summed E-state index contributed by atoms with van der Waals surface area (Å²) in [4.78, 5) is 9.48. The van der Waals surface area contributed by atoms with Crippen molar-refractivity contribution in [3.8, 4) is 47.4 Å². The molecule has 6 aliphatic heterocycles. The molecule has 6 heterocycles. The lowest BCUT2D eigenvalue weighted by molar-refractivity contribution is 0.0747. The van der Waals surface area contributed by atoms with Crippen molar-refractivity contribution >= 4 is 0 Å². The van der Waals surface area contributed by atoms with Crippen molar-refractivity contribution in [2.24, 2.45) is 0 Å². The van der Waals surface area contributed by atoms with Gasteiger partial charge in [0.15, 0.2) is 0 Å². The van der Waals surface area contributed by atoms with E-state index in [1.54, 1.807) is 0 Å². The molecule has 0 N–H and O–H groups in total. The minimum Gasteiger partial charge on any atom is -0.366 e. The SMILES string of the molecule is C1#CCN2CCN(CC#CCOCCOCC#CCN3CCN(CC#CCOCCOC1)CC3)CC2. The maximum atomic E-state index is 5.53. The van der Waals surface area contributed by atoms with Gasteiger partial charge in [-0.1, -0.05) is 47.4 Å². The molecular formula is C28H40N4O4. The van der Waals surface area contributed by atoms with Gasteiger partial charge in [0.05, 0.1) is 52.6 Å². The minimum atomic E-state index is 0.441. The van der Waals surface area contributed by atoms with E-state index in [1.165, 1.54) is 0 Å². The van der Waals surface area contributed by atoms with Crippen LogP contribution in [0, 0.1) is 47.4 Å². The third-order valence-electron chi connectivity index (χ3n) is 6.08. The average molecular weight is 497 g/mol. The number of ether oxygens (including phenoxy) is 4. The van der Waals surface area contributed by atoms with Crippen LogP contribution < -0.4 is 0 Å². The smallest absolute Gasteiger partial charge is 0.107 e. The van der Waals surface area contributed by atoms with Gasteiger partial charge in [-0.05, 0) is 0 Å². The highest BCUT2D eigenvalue weighted by Crippen LogP contribution is 2.01. The lowest BCUT2D eigenvalue weighted by atomic mass is 10.3. The first-order chi connectivity index (χ1) is 17.9. The van der Waals surface area contributed by atoms with Crippen molar-refractivity contribution < 1.29 is 18.9 Å². The summed E-state index contributed by atoms with van der Waals surface area (Å²) < 4.78 is 22.1. The average Bonchev–Trinajstić information content (AvgIpc) is 2.91. The van der Waals surface area contributed by atoms with Gasteiger partial charge in [-0.3, -0.25) is 19.6 Å². The number of piperazine rings is 2. The molecule has 0 spiro atoms. The highest BCUT2D eigenvalue weighted by molar-refractivity contribution is 5.05. The number of rotatable bonds is 0. The Balaban J connectivity index is 1.36. The molecule has 0 radical (unpaired) electrons. The van der Waals surface area contributed by atoms with Crippen LogP contribution in [0.1, 0.15) is 0 Å². The van der Waals surface area contributed by atoms with Crippen molar-refractivity contribution in [1.29, 1.82) is 0 Å². The molecule has 0 aliphatic carbocycles. The molecule has 0 saturated carbocycles. The Labute approximate surface area is 217 Å². The van der Waals surface area contributed by atoms with Crippen LogP contribution in [0.4, 0.5) is 0 Å². The van der Waals surface area contributed by atoms with Gasteiger partial charge in [-0.15, -0.1) is 0 Å². The molecule has 0 amide bonds. The molecule has 2 saturated heterocycles. The number of hydrogen-bond acceptors (Lipinski definition) is 8. The fourth-order valence-electron chi connectivity index (χ4n) is 3.81. The van der Waals surface area contributed by atoms with Crippen molar-refractivity contribution in [3.05, 3.63) is 0 Å². The zero-order valence-electron chi connectivity index (χ0n) is 21.6. The molecule has 0 aromatic carbocycles. The van der Waals surface area contributed by atoms with Crippen LogP contribution >= 0.6 is 0 Å². The van der Waals surface area contributed by atoms with E-state index in [4.69, 9.17) is 18.9 Å². The van der Waals surface area contributed by atoms with Crippen LogP contribution in [0.15, 0.2) is 0 Å². The lowest BCUT2D eigenvalue weighted by Crippen LogP contribution is -2.46. The van der Waals surface area contributed by atoms with E-state index in [2.05, 4.69) is 67.0 Å². The molecular weight excluding hydrogens is 456 g/mol. The molecule has 0 atom stereocenters. The topological polar surface area (TPSA) is 49.9 Å².